The summed E-state index contributed by atoms with van der Waals surface area (Å²) in [5, 5.41) is 10.7. The summed E-state index contributed by atoms with van der Waals surface area (Å²) in [6.07, 6.45) is 6.90. The lowest BCUT2D eigenvalue weighted by Gasteiger charge is -2.09. The molecule has 1 aromatic carbocycles. The monoisotopic (exact) mass is 372 g/mol. The van der Waals surface area contributed by atoms with E-state index in [4.69, 9.17) is 0 Å². The molecule has 0 fully saturated rings. The molecule has 2 heterocycles. The van der Waals surface area contributed by atoms with E-state index in [2.05, 4.69) is 20.0 Å². The first-order valence-corrected chi connectivity index (χ1v) is 9.26. The Balaban J connectivity index is 1.82. The number of aromatic hydroxyl groups is 1. The Hall–Kier alpha value is -3.34. The number of hydrogen-bond acceptors (Lipinski definition) is 5. The summed E-state index contributed by atoms with van der Waals surface area (Å²) in [5.74, 6) is 0.166. The first-order valence-electron chi connectivity index (χ1n) is 9.26. The quantitative estimate of drug-likeness (QED) is 0.629. The van der Waals surface area contributed by atoms with Crippen molar-refractivity contribution in [3.05, 3.63) is 89.0 Å². The van der Waals surface area contributed by atoms with E-state index in [-0.39, 0.29) is 17.8 Å². The second kappa shape index (κ2) is 9.04. The van der Waals surface area contributed by atoms with Crippen molar-refractivity contribution in [2.24, 2.45) is 9.98 Å². The largest absolute Gasteiger partial charge is 0.507 e. The molecule has 0 bridgehead atoms. The maximum absolute atomic E-state index is 10.7. The fourth-order valence-corrected chi connectivity index (χ4v) is 2.82. The molecule has 0 aliphatic heterocycles. The molecule has 0 amide bonds. The molecule has 0 saturated carbocycles. The van der Waals surface area contributed by atoms with Gasteiger partial charge in [-0.15, -0.1) is 0 Å². The molecule has 2 atom stereocenters. The van der Waals surface area contributed by atoms with Gasteiger partial charge in [0.05, 0.1) is 23.5 Å². The molecular weight excluding hydrogens is 348 g/mol. The van der Waals surface area contributed by atoms with E-state index >= 15 is 0 Å². The van der Waals surface area contributed by atoms with E-state index in [1.807, 2.05) is 69.3 Å². The standard InChI is InChI=1S/C23H24N4O/c1-16-12-19(14-26-17(2)21-8-4-6-10-24-21)23(28)20(13-16)15-27-18(3)22-9-5-7-11-25-22/h4-15,17-18,28H,1-3H3. The lowest BCUT2D eigenvalue weighted by Crippen LogP contribution is -1.97. The predicted octanol–water partition coefficient (Wildman–Crippen LogP) is 4.85. The summed E-state index contributed by atoms with van der Waals surface area (Å²) < 4.78 is 0. The summed E-state index contributed by atoms with van der Waals surface area (Å²) >= 11 is 0. The van der Waals surface area contributed by atoms with E-state index in [1.165, 1.54) is 0 Å². The normalized spacial score (nSPS) is 13.8. The highest BCUT2D eigenvalue weighted by atomic mass is 16.3. The third kappa shape index (κ3) is 4.88. The first kappa shape index (κ1) is 19.4. The minimum absolute atomic E-state index is 0.0950. The van der Waals surface area contributed by atoms with Gasteiger partial charge in [0, 0.05) is 35.9 Å². The van der Waals surface area contributed by atoms with E-state index in [0.717, 1.165) is 17.0 Å². The number of hydrogen-bond donors (Lipinski definition) is 1. The Morgan fingerprint density at radius 3 is 1.68 bits per heavy atom. The Labute approximate surface area is 165 Å². The van der Waals surface area contributed by atoms with Crippen molar-refractivity contribution < 1.29 is 5.11 Å². The van der Waals surface area contributed by atoms with Crippen LogP contribution in [0.4, 0.5) is 0 Å². The van der Waals surface area contributed by atoms with Crippen LogP contribution in [-0.2, 0) is 0 Å². The van der Waals surface area contributed by atoms with Crippen LogP contribution in [0.3, 0.4) is 0 Å². The van der Waals surface area contributed by atoms with Crippen LogP contribution < -0.4 is 0 Å². The summed E-state index contributed by atoms with van der Waals surface area (Å²) in [6.45, 7) is 5.93. The third-order valence-electron chi connectivity index (χ3n) is 4.42. The van der Waals surface area contributed by atoms with E-state index in [0.29, 0.717) is 11.1 Å². The average Bonchev–Trinajstić information content (AvgIpc) is 2.73. The highest BCUT2D eigenvalue weighted by molar-refractivity contribution is 5.92. The SMILES string of the molecule is Cc1cc(C=NC(C)c2ccccn2)c(O)c(C=NC(C)c2ccccn2)c1. The molecule has 2 unspecified atom stereocenters. The first-order chi connectivity index (χ1) is 13.5. The number of phenolic OH excluding ortho intramolecular Hbond substituents is 1. The minimum Gasteiger partial charge on any atom is -0.507 e. The molecule has 5 heteroatoms. The molecule has 5 nitrogen and oxygen atoms in total. The maximum Gasteiger partial charge on any atom is 0.133 e. The fourth-order valence-electron chi connectivity index (χ4n) is 2.82. The molecule has 3 rings (SSSR count). The number of pyridine rings is 2. The van der Waals surface area contributed by atoms with Gasteiger partial charge in [0.1, 0.15) is 5.75 Å². The molecule has 0 aliphatic carbocycles. The molecule has 0 saturated heterocycles. The van der Waals surface area contributed by atoms with Gasteiger partial charge in [-0.1, -0.05) is 12.1 Å². The highest BCUT2D eigenvalue weighted by Crippen LogP contribution is 2.24. The van der Waals surface area contributed by atoms with Gasteiger partial charge in [-0.2, -0.15) is 0 Å². The molecule has 3 aromatic rings. The molecule has 142 valence electrons. The zero-order valence-corrected chi connectivity index (χ0v) is 16.3. The summed E-state index contributed by atoms with van der Waals surface area (Å²) in [7, 11) is 0. The Morgan fingerprint density at radius 1 is 0.821 bits per heavy atom. The second-order valence-electron chi connectivity index (χ2n) is 6.71. The number of benzene rings is 1. The van der Waals surface area contributed by atoms with Crippen molar-refractivity contribution in [1.82, 2.24) is 9.97 Å². The van der Waals surface area contributed by atoms with Gasteiger partial charge < -0.3 is 5.11 Å². The minimum atomic E-state index is -0.0950. The van der Waals surface area contributed by atoms with Crippen LogP contribution >= 0.6 is 0 Å². The molecule has 28 heavy (non-hydrogen) atoms. The van der Waals surface area contributed by atoms with Crippen molar-refractivity contribution in [2.75, 3.05) is 0 Å². The second-order valence-corrected chi connectivity index (χ2v) is 6.71. The van der Waals surface area contributed by atoms with Gasteiger partial charge in [0.15, 0.2) is 0 Å². The van der Waals surface area contributed by atoms with Gasteiger partial charge in [-0.3, -0.25) is 20.0 Å². The van der Waals surface area contributed by atoms with Crippen LogP contribution in [0.5, 0.6) is 5.75 Å². The van der Waals surface area contributed by atoms with Gasteiger partial charge in [-0.25, -0.2) is 0 Å². The van der Waals surface area contributed by atoms with Crippen molar-refractivity contribution in [2.45, 2.75) is 32.9 Å². The Bertz CT molecular complexity index is 892. The van der Waals surface area contributed by atoms with Gasteiger partial charge in [0.2, 0.25) is 0 Å². The fraction of sp³-hybridized carbons (Fsp3) is 0.217. The topological polar surface area (TPSA) is 70.7 Å². The van der Waals surface area contributed by atoms with Crippen LogP contribution in [-0.4, -0.2) is 27.5 Å². The van der Waals surface area contributed by atoms with Crippen molar-refractivity contribution in [3.63, 3.8) is 0 Å². The number of nitrogens with zero attached hydrogens (tertiary/aromatic N) is 4. The molecule has 0 radical (unpaired) electrons. The third-order valence-corrected chi connectivity index (χ3v) is 4.42. The molecule has 2 aromatic heterocycles. The smallest absolute Gasteiger partial charge is 0.133 e. The number of aliphatic imine (C=N–C) groups is 2. The van der Waals surface area contributed by atoms with Gasteiger partial charge >= 0.3 is 0 Å². The highest BCUT2D eigenvalue weighted by Gasteiger charge is 2.09. The maximum atomic E-state index is 10.7. The zero-order chi connectivity index (χ0) is 19.9. The van der Waals surface area contributed by atoms with Gasteiger partial charge in [-0.05, 0) is 62.7 Å². The van der Waals surface area contributed by atoms with Crippen LogP contribution in [0.25, 0.3) is 0 Å². The number of phenols is 1. The number of aromatic nitrogens is 2. The summed E-state index contributed by atoms with van der Waals surface area (Å²) in [4.78, 5) is 17.7. The molecule has 0 aliphatic rings. The van der Waals surface area contributed by atoms with Crippen LogP contribution in [0.1, 0.15) is 54.0 Å². The van der Waals surface area contributed by atoms with Crippen LogP contribution in [0.2, 0.25) is 0 Å². The van der Waals surface area contributed by atoms with Crippen molar-refractivity contribution >= 4 is 12.4 Å². The lowest BCUT2D eigenvalue weighted by atomic mass is 10.1. The lowest BCUT2D eigenvalue weighted by molar-refractivity contribution is 0.473. The van der Waals surface area contributed by atoms with Crippen LogP contribution in [0.15, 0.2) is 70.9 Å². The van der Waals surface area contributed by atoms with Crippen molar-refractivity contribution in [1.29, 1.82) is 0 Å². The number of rotatable bonds is 6. The summed E-state index contributed by atoms with van der Waals surface area (Å²) in [6, 6.07) is 15.1. The molecule has 0 spiro atoms. The predicted molar refractivity (Wildman–Crippen MR) is 113 cm³/mol. The Morgan fingerprint density at radius 2 is 1.29 bits per heavy atom. The summed E-state index contributed by atoms with van der Waals surface area (Å²) in [5.41, 5.74) is 4.12. The average molecular weight is 372 g/mol. The van der Waals surface area contributed by atoms with E-state index in [1.54, 1.807) is 24.8 Å². The molecule has 1 N–H and O–H groups in total. The molecular formula is C23H24N4O. The van der Waals surface area contributed by atoms with E-state index in [9.17, 15) is 5.11 Å². The zero-order valence-electron chi connectivity index (χ0n) is 16.3. The Kier molecular flexibility index (Phi) is 6.27. The number of aryl methyl sites for hydroxylation is 1. The van der Waals surface area contributed by atoms with Crippen molar-refractivity contribution in [3.8, 4) is 5.75 Å². The van der Waals surface area contributed by atoms with Crippen LogP contribution in [0, 0.1) is 6.92 Å². The van der Waals surface area contributed by atoms with E-state index < -0.39 is 0 Å². The van der Waals surface area contributed by atoms with Gasteiger partial charge in [0.25, 0.3) is 0 Å².